The first-order valence-corrected chi connectivity index (χ1v) is 14.0. The van der Waals surface area contributed by atoms with Gasteiger partial charge in [0.1, 0.15) is 11.9 Å². The van der Waals surface area contributed by atoms with Crippen LogP contribution in [-0.4, -0.2) is 65.7 Å². The van der Waals surface area contributed by atoms with Gasteiger partial charge in [0.25, 0.3) is 0 Å². The second-order valence-electron chi connectivity index (χ2n) is 10.5. The Kier molecular flexibility index (Phi) is 12.5. The van der Waals surface area contributed by atoms with Gasteiger partial charge in [-0.15, -0.1) is 0 Å². The minimum absolute atomic E-state index is 0.183. The smallest absolute Gasteiger partial charge is 0.326 e. The number of aromatic nitrogens is 1. The average Bonchev–Trinajstić information content (AvgIpc) is 2.90. The zero-order chi connectivity index (χ0) is 27.2. The lowest BCUT2D eigenvalue weighted by molar-refractivity contribution is -0.142. The number of aryl methyl sites for hydroxylation is 2. The molecule has 0 spiro atoms. The summed E-state index contributed by atoms with van der Waals surface area (Å²) in [6.45, 7) is 8.12. The van der Waals surface area contributed by atoms with E-state index in [9.17, 15) is 14.7 Å². The number of fused-ring (bicyclic) bond motifs is 1. The van der Waals surface area contributed by atoms with Crippen LogP contribution >= 0.6 is 0 Å². The van der Waals surface area contributed by atoms with Crippen molar-refractivity contribution in [1.82, 2.24) is 15.2 Å². The minimum Gasteiger partial charge on any atom is -0.480 e. The van der Waals surface area contributed by atoms with E-state index in [0.717, 1.165) is 62.3 Å². The highest BCUT2D eigenvalue weighted by Crippen LogP contribution is 2.20. The second kappa shape index (κ2) is 16.1. The fourth-order valence-electron chi connectivity index (χ4n) is 4.64. The van der Waals surface area contributed by atoms with Gasteiger partial charge in [-0.1, -0.05) is 50.2 Å². The quantitative estimate of drug-likeness (QED) is 0.265. The highest BCUT2D eigenvalue weighted by Gasteiger charge is 2.21. The monoisotopic (exact) mass is 524 g/mol. The molecule has 0 bridgehead atoms. The van der Waals surface area contributed by atoms with Crippen LogP contribution in [0.1, 0.15) is 62.8 Å². The predicted molar refractivity (Wildman–Crippen MR) is 150 cm³/mol. The number of carbonyl (C=O) groups excluding carboxylic acids is 1. The van der Waals surface area contributed by atoms with Gasteiger partial charge in [0.05, 0.1) is 13.2 Å². The van der Waals surface area contributed by atoms with Crippen LogP contribution in [0, 0.1) is 5.92 Å². The van der Waals surface area contributed by atoms with Crippen molar-refractivity contribution < 1.29 is 19.4 Å². The van der Waals surface area contributed by atoms with Crippen molar-refractivity contribution in [2.24, 2.45) is 5.92 Å². The normalized spacial score (nSPS) is 13.7. The summed E-state index contributed by atoms with van der Waals surface area (Å²) in [6.07, 6.45) is 5.82. The molecule has 3 N–H and O–H groups in total. The maximum Gasteiger partial charge on any atom is 0.326 e. The summed E-state index contributed by atoms with van der Waals surface area (Å²) in [5.41, 5.74) is 3.54. The van der Waals surface area contributed by atoms with Gasteiger partial charge in [0.15, 0.2) is 0 Å². The SMILES string of the molecule is CC(C)CC(=O)NC(CCN(CCCCc1ccc2c(n1)NCCC2)CCOCc1ccccc1)C(=O)O. The van der Waals surface area contributed by atoms with Crippen LogP contribution in [0.3, 0.4) is 0 Å². The Balaban J connectivity index is 1.48. The number of aliphatic carboxylic acids is 1. The lowest BCUT2D eigenvalue weighted by Gasteiger charge is -2.24. The van der Waals surface area contributed by atoms with E-state index >= 15 is 0 Å². The summed E-state index contributed by atoms with van der Waals surface area (Å²) in [5, 5.41) is 15.8. The molecule has 2 aromatic rings. The summed E-state index contributed by atoms with van der Waals surface area (Å²) in [6, 6.07) is 13.5. The van der Waals surface area contributed by atoms with Crippen LogP contribution in [0.2, 0.25) is 0 Å². The van der Waals surface area contributed by atoms with E-state index in [1.165, 1.54) is 5.56 Å². The molecule has 8 heteroatoms. The first-order chi connectivity index (χ1) is 18.4. The molecule has 0 aliphatic carbocycles. The Morgan fingerprint density at radius 3 is 2.68 bits per heavy atom. The molecule has 1 aromatic carbocycles. The molecule has 1 aromatic heterocycles. The van der Waals surface area contributed by atoms with Gasteiger partial charge in [-0.2, -0.15) is 0 Å². The standard InChI is InChI=1S/C30H44N4O4/c1-23(2)21-28(35)33-27(30(36)37)15-18-34(19-20-38-22-24-9-4-3-5-10-24)17-7-6-12-26-14-13-25-11-8-16-31-29(25)32-26/h3-5,9-10,13-14,23,27H,6-8,11-12,15-22H2,1-2H3,(H,31,32)(H,33,35)(H,36,37). The molecule has 1 unspecified atom stereocenters. The van der Waals surface area contributed by atoms with E-state index in [4.69, 9.17) is 9.72 Å². The number of benzene rings is 1. The van der Waals surface area contributed by atoms with Gasteiger partial charge in [-0.25, -0.2) is 9.78 Å². The van der Waals surface area contributed by atoms with Crippen molar-refractivity contribution in [3.8, 4) is 0 Å². The molecular weight excluding hydrogens is 480 g/mol. The molecule has 8 nitrogen and oxygen atoms in total. The molecule has 3 rings (SSSR count). The molecule has 0 fully saturated rings. The van der Waals surface area contributed by atoms with Crippen molar-refractivity contribution in [1.29, 1.82) is 0 Å². The zero-order valence-electron chi connectivity index (χ0n) is 23.0. The highest BCUT2D eigenvalue weighted by molar-refractivity contribution is 5.83. The third kappa shape index (κ3) is 10.8. The lowest BCUT2D eigenvalue weighted by atomic mass is 10.1. The Morgan fingerprint density at radius 2 is 1.92 bits per heavy atom. The summed E-state index contributed by atoms with van der Waals surface area (Å²) < 4.78 is 5.90. The molecule has 0 radical (unpaired) electrons. The molecule has 0 saturated carbocycles. The molecule has 2 heterocycles. The first kappa shape index (κ1) is 29.6. The zero-order valence-corrected chi connectivity index (χ0v) is 23.0. The van der Waals surface area contributed by atoms with Gasteiger partial charge < -0.3 is 25.4 Å². The third-order valence-electron chi connectivity index (χ3n) is 6.73. The lowest BCUT2D eigenvalue weighted by Crippen LogP contribution is -2.44. The van der Waals surface area contributed by atoms with Gasteiger partial charge in [0.2, 0.25) is 5.91 Å². The average molecular weight is 525 g/mol. The maximum atomic E-state index is 12.2. The molecule has 1 aliphatic rings. The van der Waals surface area contributed by atoms with E-state index in [1.807, 2.05) is 44.2 Å². The van der Waals surface area contributed by atoms with Crippen molar-refractivity contribution in [3.05, 3.63) is 59.3 Å². The van der Waals surface area contributed by atoms with E-state index in [0.29, 0.717) is 39.1 Å². The van der Waals surface area contributed by atoms with Crippen molar-refractivity contribution in [3.63, 3.8) is 0 Å². The predicted octanol–water partition coefficient (Wildman–Crippen LogP) is 4.29. The molecule has 1 amide bonds. The van der Waals surface area contributed by atoms with Gasteiger partial charge in [-0.3, -0.25) is 4.79 Å². The fraction of sp³-hybridized carbons (Fsp3) is 0.567. The summed E-state index contributed by atoms with van der Waals surface area (Å²) >= 11 is 0. The van der Waals surface area contributed by atoms with Crippen LogP contribution in [0.4, 0.5) is 5.82 Å². The topological polar surface area (TPSA) is 104 Å². The number of nitrogens with zero attached hydrogens (tertiary/aromatic N) is 2. The number of carbonyl (C=O) groups is 2. The summed E-state index contributed by atoms with van der Waals surface area (Å²) in [4.78, 5) is 31.0. The summed E-state index contributed by atoms with van der Waals surface area (Å²) in [5.74, 6) is 0.0138. The molecule has 1 aliphatic heterocycles. The van der Waals surface area contributed by atoms with Crippen LogP contribution in [0.15, 0.2) is 42.5 Å². The fourth-order valence-corrected chi connectivity index (χ4v) is 4.64. The Morgan fingerprint density at radius 1 is 1.11 bits per heavy atom. The number of pyridine rings is 1. The Hall–Kier alpha value is -2.97. The highest BCUT2D eigenvalue weighted by atomic mass is 16.5. The van der Waals surface area contributed by atoms with Crippen molar-refractivity contribution in [2.45, 2.75) is 71.4 Å². The van der Waals surface area contributed by atoms with Gasteiger partial charge >= 0.3 is 5.97 Å². The molecular formula is C30H44N4O4. The number of amides is 1. The van der Waals surface area contributed by atoms with Crippen LogP contribution in [0.25, 0.3) is 0 Å². The van der Waals surface area contributed by atoms with E-state index in [2.05, 4.69) is 27.7 Å². The number of anilines is 1. The molecule has 0 saturated heterocycles. The van der Waals surface area contributed by atoms with Gasteiger partial charge in [-0.05, 0) is 68.2 Å². The number of unbranched alkanes of at least 4 members (excludes halogenated alkanes) is 1. The maximum absolute atomic E-state index is 12.2. The number of hydrogen-bond donors (Lipinski definition) is 3. The van der Waals surface area contributed by atoms with E-state index in [-0.39, 0.29) is 11.8 Å². The molecule has 208 valence electrons. The molecule has 1 atom stereocenters. The minimum atomic E-state index is -0.991. The third-order valence-corrected chi connectivity index (χ3v) is 6.73. The number of ether oxygens (including phenoxy) is 1. The number of nitrogens with one attached hydrogen (secondary N) is 2. The Labute approximate surface area is 227 Å². The van der Waals surface area contributed by atoms with E-state index in [1.54, 1.807) is 0 Å². The first-order valence-electron chi connectivity index (χ1n) is 14.0. The Bertz CT molecular complexity index is 999. The molecule has 38 heavy (non-hydrogen) atoms. The van der Waals surface area contributed by atoms with Crippen LogP contribution in [0.5, 0.6) is 0 Å². The number of carboxylic acids is 1. The number of hydrogen-bond acceptors (Lipinski definition) is 6. The van der Waals surface area contributed by atoms with Crippen LogP contribution in [-0.2, 0) is 33.8 Å². The largest absolute Gasteiger partial charge is 0.480 e. The van der Waals surface area contributed by atoms with Gasteiger partial charge in [0, 0.05) is 31.7 Å². The number of carboxylic acid groups (broad SMARTS) is 1. The van der Waals surface area contributed by atoms with Crippen molar-refractivity contribution >= 4 is 17.7 Å². The van der Waals surface area contributed by atoms with Crippen LogP contribution < -0.4 is 10.6 Å². The number of rotatable bonds is 17. The second-order valence-corrected chi connectivity index (χ2v) is 10.5. The summed E-state index contributed by atoms with van der Waals surface area (Å²) in [7, 11) is 0. The van der Waals surface area contributed by atoms with Crippen molar-refractivity contribution in [2.75, 3.05) is 38.1 Å². The van der Waals surface area contributed by atoms with E-state index < -0.39 is 12.0 Å².